The molecule has 138 valence electrons. The smallest absolute Gasteiger partial charge is 0.255 e. The Kier molecular flexibility index (Phi) is 6.11. The first-order valence-corrected chi connectivity index (χ1v) is 9.26. The fourth-order valence-electron chi connectivity index (χ4n) is 2.41. The molecule has 0 fully saturated rings. The molecular weight excluding hydrogens is 362 g/mol. The van der Waals surface area contributed by atoms with Crippen molar-refractivity contribution >= 4 is 34.0 Å². The van der Waals surface area contributed by atoms with Gasteiger partial charge in [-0.1, -0.05) is 29.5 Å². The van der Waals surface area contributed by atoms with Crippen LogP contribution in [0.15, 0.2) is 54.6 Å². The number of carbonyl (C=O) groups is 2. The molecule has 0 aliphatic carbocycles. The van der Waals surface area contributed by atoms with Crippen molar-refractivity contribution in [3.63, 3.8) is 0 Å². The van der Waals surface area contributed by atoms with E-state index in [0.29, 0.717) is 28.5 Å². The third kappa shape index (κ3) is 5.35. The van der Waals surface area contributed by atoms with Gasteiger partial charge in [-0.05, 0) is 42.8 Å². The number of amides is 2. The second-order valence-electron chi connectivity index (χ2n) is 5.79. The highest BCUT2D eigenvalue weighted by Gasteiger charge is 2.08. The highest BCUT2D eigenvalue weighted by molar-refractivity contribution is 7.15. The van der Waals surface area contributed by atoms with Crippen molar-refractivity contribution in [1.29, 1.82) is 0 Å². The van der Waals surface area contributed by atoms with E-state index in [0.717, 1.165) is 17.8 Å². The molecule has 0 saturated heterocycles. The number of nitrogen functional groups attached to an aromatic ring is 1. The number of aromatic nitrogens is 2. The number of anilines is 2. The Bertz CT molecular complexity index is 909. The molecule has 1 aromatic heterocycles. The monoisotopic (exact) mass is 381 g/mol. The SMILES string of the molecule is Nc1nnc(CCCNC(=O)c2ccc(NC(=O)c3ccccc3)cc2)s1. The number of benzene rings is 2. The van der Waals surface area contributed by atoms with Crippen LogP contribution in [0, 0.1) is 0 Å². The van der Waals surface area contributed by atoms with Crippen molar-refractivity contribution in [2.24, 2.45) is 0 Å². The Morgan fingerprint density at radius 2 is 1.63 bits per heavy atom. The molecule has 0 unspecified atom stereocenters. The predicted octanol–water partition coefficient (Wildman–Crippen LogP) is 2.74. The first-order valence-electron chi connectivity index (χ1n) is 8.44. The maximum Gasteiger partial charge on any atom is 0.255 e. The summed E-state index contributed by atoms with van der Waals surface area (Å²) >= 11 is 1.36. The molecule has 2 amide bonds. The summed E-state index contributed by atoms with van der Waals surface area (Å²) < 4.78 is 0. The van der Waals surface area contributed by atoms with Crippen LogP contribution >= 0.6 is 11.3 Å². The Hall–Kier alpha value is -3.26. The lowest BCUT2D eigenvalue weighted by Gasteiger charge is -2.07. The number of nitrogens with zero attached hydrogens (tertiary/aromatic N) is 2. The van der Waals surface area contributed by atoms with E-state index in [1.54, 1.807) is 36.4 Å². The van der Waals surface area contributed by atoms with Crippen LogP contribution in [0.25, 0.3) is 0 Å². The van der Waals surface area contributed by atoms with Gasteiger partial charge in [-0.2, -0.15) is 0 Å². The average molecular weight is 381 g/mol. The van der Waals surface area contributed by atoms with Crippen molar-refractivity contribution in [2.75, 3.05) is 17.6 Å². The molecule has 0 aliphatic heterocycles. The van der Waals surface area contributed by atoms with Crippen LogP contribution in [0.4, 0.5) is 10.8 Å². The van der Waals surface area contributed by atoms with Gasteiger partial charge in [0.05, 0.1) is 0 Å². The molecule has 2 aromatic carbocycles. The van der Waals surface area contributed by atoms with Gasteiger partial charge in [0.25, 0.3) is 11.8 Å². The van der Waals surface area contributed by atoms with Crippen LogP contribution in [-0.4, -0.2) is 28.6 Å². The molecule has 0 atom stereocenters. The third-order valence-corrected chi connectivity index (χ3v) is 4.59. The highest BCUT2D eigenvalue weighted by Crippen LogP contribution is 2.13. The first kappa shape index (κ1) is 18.5. The first-order chi connectivity index (χ1) is 13.1. The van der Waals surface area contributed by atoms with Crippen molar-refractivity contribution in [3.8, 4) is 0 Å². The van der Waals surface area contributed by atoms with E-state index in [1.165, 1.54) is 11.3 Å². The molecule has 1 heterocycles. The van der Waals surface area contributed by atoms with Crippen LogP contribution in [-0.2, 0) is 6.42 Å². The molecule has 4 N–H and O–H groups in total. The number of hydrogen-bond donors (Lipinski definition) is 3. The molecule has 0 bridgehead atoms. The topological polar surface area (TPSA) is 110 Å². The molecule has 3 rings (SSSR count). The number of nitrogens with two attached hydrogens (primary N) is 1. The fraction of sp³-hybridized carbons (Fsp3) is 0.158. The molecule has 0 spiro atoms. The number of rotatable bonds is 7. The van der Waals surface area contributed by atoms with Gasteiger partial charge in [-0.25, -0.2) is 0 Å². The quantitative estimate of drug-likeness (QED) is 0.545. The van der Waals surface area contributed by atoms with E-state index in [4.69, 9.17) is 5.73 Å². The lowest BCUT2D eigenvalue weighted by molar-refractivity contribution is 0.0952. The van der Waals surface area contributed by atoms with Crippen LogP contribution in [0.5, 0.6) is 0 Å². The fourth-order valence-corrected chi connectivity index (χ4v) is 3.06. The maximum absolute atomic E-state index is 12.2. The standard InChI is InChI=1S/C19H19N5O2S/c20-19-24-23-16(27-19)7-4-12-21-17(25)14-8-10-15(11-9-14)22-18(26)13-5-2-1-3-6-13/h1-3,5-6,8-11H,4,7,12H2,(H2,20,24)(H,21,25)(H,22,26). The van der Waals surface area contributed by atoms with Gasteiger partial charge in [0.2, 0.25) is 5.13 Å². The second-order valence-corrected chi connectivity index (χ2v) is 6.88. The zero-order valence-corrected chi connectivity index (χ0v) is 15.3. The van der Waals surface area contributed by atoms with Gasteiger partial charge < -0.3 is 16.4 Å². The van der Waals surface area contributed by atoms with E-state index in [9.17, 15) is 9.59 Å². The zero-order chi connectivity index (χ0) is 19.1. The van der Waals surface area contributed by atoms with E-state index in [-0.39, 0.29) is 11.8 Å². The number of aryl methyl sites for hydroxylation is 1. The Labute approximate surface area is 160 Å². The summed E-state index contributed by atoms with van der Waals surface area (Å²) in [6, 6.07) is 15.7. The highest BCUT2D eigenvalue weighted by atomic mass is 32.1. The lowest BCUT2D eigenvalue weighted by atomic mass is 10.1. The van der Waals surface area contributed by atoms with E-state index >= 15 is 0 Å². The Morgan fingerprint density at radius 3 is 2.30 bits per heavy atom. The van der Waals surface area contributed by atoms with Gasteiger partial charge in [-0.3, -0.25) is 9.59 Å². The molecule has 7 nitrogen and oxygen atoms in total. The number of carbonyl (C=O) groups excluding carboxylic acids is 2. The van der Waals surface area contributed by atoms with Gasteiger partial charge in [0.15, 0.2) is 0 Å². The maximum atomic E-state index is 12.2. The molecule has 3 aromatic rings. The average Bonchev–Trinajstić information content (AvgIpc) is 3.11. The van der Waals surface area contributed by atoms with Crippen LogP contribution < -0.4 is 16.4 Å². The van der Waals surface area contributed by atoms with E-state index in [2.05, 4.69) is 20.8 Å². The van der Waals surface area contributed by atoms with Crippen LogP contribution in [0.2, 0.25) is 0 Å². The minimum atomic E-state index is -0.190. The normalized spacial score (nSPS) is 10.4. The van der Waals surface area contributed by atoms with Gasteiger partial charge in [0.1, 0.15) is 5.01 Å². The van der Waals surface area contributed by atoms with Gasteiger partial charge >= 0.3 is 0 Å². The molecule has 0 aliphatic rings. The van der Waals surface area contributed by atoms with Crippen molar-refractivity contribution in [2.45, 2.75) is 12.8 Å². The Balaban J connectivity index is 1.46. The van der Waals surface area contributed by atoms with E-state index < -0.39 is 0 Å². The summed E-state index contributed by atoms with van der Waals surface area (Å²) in [5.41, 5.74) is 7.28. The second kappa shape index (κ2) is 8.91. The van der Waals surface area contributed by atoms with Crippen molar-refractivity contribution < 1.29 is 9.59 Å². The summed E-state index contributed by atoms with van der Waals surface area (Å²) in [6.45, 7) is 0.533. The van der Waals surface area contributed by atoms with Crippen molar-refractivity contribution in [3.05, 3.63) is 70.7 Å². The summed E-state index contributed by atoms with van der Waals surface area (Å²) in [5, 5.41) is 14.7. The lowest BCUT2D eigenvalue weighted by Crippen LogP contribution is -2.24. The molecule has 8 heteroatoms. The molecule has 0 radical (unpaired) electrons. The molecular formula is C19H19N5O2S. The largest absolute Gasteiger partial charge is 0.374 e. The number of nitrogens with one attached hydrogen (secondary N) is 2. The molecule has 0 saturated carbocycles. The zero-order valence-electron chi connectivity index (χ0n) is 14.5. The van der Waals surface area contributed by atoms with Crippen molar-refractivity contribution in [1.82, 2.24) is 15.5 Å². The van der Waals surface area contributed by atoms with Gasteiger partial charge in [-0.15, -0.1) is 10.2 Å². The third-order valence-electron chi connectivity index (χ3n) is 3.78. The Morgan fingerprint density at radius 1 is 0.926 bits per heavy atom. The molecule has 27 heavy (non-hydrogen) atoms. The van der Waals surface area contributed by atoms with Gasteiger partial charge in [0, 0.05) is 29.8 Å². The summed E-state index contributed by atoms with van der Waals surface area (Å²) in [4.78, 5) is 24.3. The minimum absolute atomic E-state index is 0.160. The van der Waals surface area contributed by atoms with Crippen LogP contribution in [0.1, 0.15) is 32.1 Å². The predicted molar refractivity (Wildman–Crippen MR) is 106 cm³/mol. The van der Waals surface area contributed by atoms with E-state index in [1.807, 2.05) is 18.2 Å². The minimum Gasteiger partial charge on any atom is -0.374 e. The van der Waals surface area contributed by atoms with Crippen LogP contribution in [0.3, 0.4) is 0 Å². The summed E-state index contributed by atoms with van der Waals surface area (Å²) in [6.07, 6.45) is 1.48. The number of hydrogen-bond acceptors (Lipinski definition) is 6. The summed E-state index contributed by atoms with van der Waals surface area (Å²) in [5.74, 6) is -0.349. The summed E-state index contributed by atoms with van der Waals surface area (Å²) in [7, 11) is 0.